The molecule has 0 spiro atoms. The van der Waals surface area contributed by atoms with Gasteiger partial charge in [0.05, 0.1) is 0 Å². The Labute approximate surface area is 95.8 Å². The Bertz CT molecular complexity index is 241. The lowest BCUT2D eigenvalue weighted by Gasteiger charge is -2.18. The molecule has 0 nitrogen and oxygen atoms in total. The van der Waals surface area contributed by atoms with Gasteiger partial charge in [-0.15, -0.1) is 0 Å². The van der Waals surface area contributed by atoms with Gasteiger partial charge in [-0.2, -0.15) is 0 Å². The quantitative estimate of drug-likeness (QED) is 0.576. The first-order valence-corrected chi connectivity index (χ1v) is 6.18. The predicted octanol–water partition coefficient (Wildman–Crippen LogP) is 5.28. The maximum atomic E-state index is 4.10. The Balaban J connectivity index is 0.000000921. The molecule has 0 heteroatoms. The van der Waals surface area contributed by atoms with Gasteiger partial charge in [0.1, 0.15) is 0 Å². The van der Waals surface area contributed by atoms with Crippen LogP contribution in [-0.2, 0) is 0 Å². The van der Waals surface area contributed by atoms with Gasteiger partial charge in [-0.1, -0.05) is 58.1 Å². The van der Waals surface area contributed by atoms with E-state index in [9.17, 15) is 0 Å². The van der Waals surface area contributed by atoms with Crippen molar-refractivity contribution in [3.63, 3.8) is 0 Å². The van der Waals surface area contributed by atoms with Crippen LogP contribution in [0.1, 0.15) is 53.4 Å². The molecular formula is C15H26. The lowest BCUT2D eigenvalue weighted by Crippen LogP contribution is -1.99. The number of rotatable bonds is 2. The van der Waals surface area contributed by atoms with Gasteiger partial charge in [-0.25, -0.2) is 0 Å². The third-order valence-electron chi connectivity index (χ3n) is 2.73. The highest BCUT2D eigenvalue weighted by atomic mass is 14.2. The second-order valence-electron chi connectivity index (χ2n) is 4.21. The van der Waals surface area contributed by atoms with Crippen LogP contribution >= 0.6 is 0 Å². The molecule has 0 bridgehead atoms. The molecule has 1 aliphatic carbocycles. The first kappa shape index (κ1) is 14.2. The summed E-state index contributed by atoms with van der Waals surface area (Å²) < 4.78 is 0. The van der Waals surface area contributed by atoms with Crippen LogP contribution in [0.2, 0.25) is 0 Å². The molecule has 15 heavy (non-hydrogen) atoms. The van der Waals surface area contributed by atoms with Crippen LogP contribution in [0.3, 0.4) is 0 Å². The number of hydrogen-bond acceptors (Lipinski definition) is 0. The first-order valence-electron chi connectivity index (χ1n) is 6.18. The van der Waals surface area contributed by atoms with Gasteiger partial charge < -0.3 is 0 Å². The van der Waals surface area contributed by atoms with Crippen molar-refractivity contribution in [2.24, 2.45) is 5.92 Å². The van der Waals surface area contributed by atoms with Crippen molar-refractivity contribution in [2.75, 3.05) is 0 Å². The normalized spacial score (nSPS) is 18.7. The topological polar surface area (TPSA) is 0 Å². The predicted molar refractivity (Wildman–Crippen MR) is 71.0 cm³/mol. The molecule has 0 aliphatic heterocycles. The molecule has 1 fully saturated rings. The van der Waals surface area contributed by atoms with E-state index in [1.165, 1.54) is 42.4 Å². The van der Waals surface area contributed by atoms with Crippen molar-refractivity contribution in [1.29, 1.82) is 0 Å². The molecular weight excluding hydrogens is 180 g/mol. The average molecular weight is 206 g/mol. The van der Waals surface area contributed by atoms with Gasteiger partial charge in [0.25, 0.3) is 0 Å². The van der Waals surface area contributed by atoms with Crippen molar-refractivity contribution in [3.05, 3.63) is 36.0 Å². The average Bonchev–Trinajstić information content (AvgIpc) is 2.24. The molecule has 1 saturated carbocycles. The molecule has 0 unspecified atom stereocenters. The maximum absolute atomic E-state index is 4.10. The lowest BCUT2D eigenvalue weighted by molar-refractivity contribution is 0.677. The second-order valence-corrected chi connectivity index (χ2v) is 4.21. The molecule has 0 saturated heterocycles. The van der Waals surface area contributed by atoms with Crippen LogP contribution in [-0.4, -0.2) is 0 Å². The first-order chi connectivity index (χ1) is 7.11. The standard InChI is InChI=1S/C13H20.C2H6/c1-10(2)12(4)9-13-8-6-5-7-11(13)3;1-2/h9-10H,3-8H2,1-2H3;1-2H3/b13-9-;. The Morgan fingerprint density at radius 2 is 1.73 bits per heavy atom. The van der Waals surface area contributed by atoms with Gasteiger partial charge in [-0.3, -0.25) is 0 Å². The molecule has 0 amide bonds. The molecule has 0 atom stereocenters. The zero-order valence-corrected chi connectivity index (χ0v) is 10.9. The molecule has 0 N–H and O–H groups in total. The van der Waals surface area contributed by atoms with E-state index in [-0.39, 0.29) is 0 Å². The van der Waals surface area contributed by atoms with E-state index in [0.717, 1.165) is 0 Å². The second kappa shape index (κ2) is 7.50. The summed E-state index contributed by atoms with van der Waals surface area (Å²) in [6.45, 7) is 16.5. The van der Waals surface area contributed by atoms with Crippen molar-refractivity contribution in [2.45, 2.75) is 53.4 Å². The van der Waals surface area contributed by atoms with Crippen LogP contribution in [0.15, 0.2) is 36.0 Å². The van der Waals surface area contributed by atoms with E-state index < -0.39 is 0 Å². The Kier molecular flexibility index (Phi) is 7.11. The highest BCUT2D eigenvalue weighted by molar-refractivity contribution is 5.36. The molecule has 1 rings (SSSR count). The zero-order valence-electron chi connectivity index (χ0n) is 10.9. The molecule has 0 aromatic heterocycles. The van der Waals surface area contributed by atoms with Gasteiger partial charge in [0, 0.05) is 0 Å². The minimum Gasteiger partial charge on any atom is -0.0956 e. The summed E-state index contributed by atoms with van der Waals surface area (Å²) >= 11 is 0. The van der Waals surface area contributed by atoms with Gasteiger partial charge in [0.15, 0.2) is 0 Å². The van der Waals surface area contributed by atoms with E-state index in [0.29, 0.717) is 5.92 Å². The Morgan fingerprint density at radius 3 is 2.20 bits per heavy atom. The molecule has 0 aromatic rings. The van der Waals surface area contributed by atoms with E-state index in [4.69, 9.17) is 0 Å². The van der Waals surface area contributed by atoms with E-state index >= 15 is 0 Å². The summed E-state index contributed by atoms with van der Waals surface area (Å²) in [5.41, 5.74) is 4.00. The Morgan fingerprint density at radius 1 is 1.20 bits per heavy atom. The van der Waals surface area contributed by atoms with Crippen molar-refractivity contribution in [3.8, 4) is 0 Å². The fraction of sp³-hybridized carbons (Fsp3) is 0.600. The van der Waals surface area contributed by atoms with Crippen molar-refractivity contribution < 1.29 is 0 Å². The third-order valence-corrected chi connectivity index (χ3v) is 2.73. The third kappa shape index (κ3) is 5.01. The van der Waals surface area contributed by atoms with Crippen molar-refractivity contribution in [1.82, 2.24) is 0 Å². The zero-order chi connectivity index (χ0) is 11.8. The van der Waals surface area contributed by atoms with Gasteiger partial charge in [-0.05, 0) is 37.2 Å². The minimum atomic E-state index is 0.558. The highest BCUT2D eigenvalue weighted by Crippen LogP contribution is 2.28. The fourth-order valence-corrected chi connectivity index (χ4v) is 1.56. The van der Waals surface area contributed by atoms with Crippen LogP contribution in [0, 0.1) is 5.92 Å². The highest BCUT2D eigenvalue weighted by Gasteiger charge is 2.10. The molecule has 86 valence electrons. The molecule has 1 aliphatic rings. The number of hydrogen-bond donors (Lipinski definition) is 0. The van der Waals surface area contributed by atoms with E-state index in [1.54, 1.807) is 0 Å². The fourth-order valence-electron chi connectivity index (χ4n) is 1.56. The van der Waals surface area contributed by atoms with Crippen LogP contribution in [0.5, 0.6) is 0 Å². The minimum absolute atomic E-state index is 0.558. The summed E-state index contributed by atoms with van der Waals surface area (Å²) in [5, 5.41) is 0. The largest absolute Gasteiger partial charge is 0.0956 e. The lowest BCUT2D eigenvalue weighted by atomic mass is 9.88. The van der Waals surface area contributed by atoms with Crippen LogP contribution in [0.25, 0.3) is 0 Å². The SMILES string of the molecule is C=C1CCCC/C1=C/C(=C)C(C)C.CC. The van der Waals surface area contributed by atoms with E-state index in [2.05, 4.69) is 33.1 Å². The smallest absolute Gasteiger partial charge is 0.0225 e. The summed E-state index contributed by atoms with van der Waals surface area (Å²) in [6.07, 6.45) is 7.24. The van der Waals surface area contributed by atoms with Crippen LogP contribution < -0.4 is 0 Å². The summed E-state index contributed by atoms with van der Waals surface area (Å²) in [5.74, 6) is 0.558. The number of allylic oxidation sites excluding steroid dienone is 4. The van der Waals surface area contributed by atoms with Gasteiger partial charge >= 0.3 is 0 Å². The summed E-state index contributed by atoms with van der Waals surface area (Å²) in [6, 6.07) is 0. The van der Waals surface area contributed by atoms with Gasteiger partial charge in [0.2, 0.25) is 0 Å². The molecule has 0 aromatic carbocycles. The summed E-state index contributed by atoms with van der Waals surface area (Å²) in [4.78, 5) is 0. The Hall–Kier alpha value is -0.780. The molecule has 0 heterocycles. The summed E-state index contributed by atoms with van der Waals surface area (Å²) in [7, 11) is 0. The monoisotopic (exact) mass is 206 g/mol. The van der Waals surface area contributed by atoms with Crippen LogP contribution in [0.4, 0.5) is 0 Å². The van der Waals surface area contributed by atoms with Crippen molar-refractivity contribution >= 4 is 0 Å². The maximum Gasteiger partial charge on any atom is -0.0225 e. The molecule has 0 radical (unpaired) electrons. The van der Waals surface area contributed by atoms with E-state index in [1.807, 2.05) is 13.8 Å².